The summed E-state index contributed by atoms with van der Waals surface area (Å²) >= 11 is 0. The molecule has 3 aromatic rings. The van der Waals surface area contributed by atoms with Crippen molar-refractivity contribution in [3.05, 3.63) is 66.2 Å². The molecule has 27 heavy (non-hydrogen) atoms. The maximum Gasteiger partial charge on any atom is 0.209 e. The van der Waals surface area contributed by atoms with Gasteiger partial charge in [0.15, 0.2) is 5.76 Å². The highest BCUT2D eigenvalue weighted by Crippen LogP contribution is 2.27. The van der Waals surface area contributed by atoms with Crippen LogP contribution < -0.4 is 9.47 Å². The molecule has 0 aliphatic heterocycles. The smallest absolute Gasteiger partial charge is 0.209 e. The van der Waals surface area contributed by atoms with E-state index in [2.05, 4.69) is 35.9 Å². The summed E-state index contributed by atoms with van der Waals surface area (Å²) in [6.07, 6.45) is 1.78. The normalized spacial score (nSPS) is 12.2. The lowest BCUT2D eigenvalue weighted by Gasteiger charge is -2.27. The topological polar surface area (TPSA) is 47.7 Å². The molecule has 0 spiro atoms. The second-order valence-corrected chi connectivity index (χ2v) is 6.36. The molecule has 3 rings (SSSR count). The van der Waals surface area contributed by atoms with Crippen molar-refractivity contribution in [1.82, 2.24) is 9.88 Å². The Balaban J connectivity index is 1.73. The van der Waals surface area contributed by atoms with Gasteiger partial charge >= 0.3 is 0 Å². The fraction of sp³-hybridized carbons (Fsp3) is 0.318. The monoisotopic (exact) mass is 366 g/mol. The fourth-order valence-corrected chi connectivity index (χ4v) is 3.08. The van der Waals surface area contributed by atoms with Crippen LogP contribution in [0.2, 0.25) is 0 Å². The number of ether oxygens (including phenoxy) is 2. The van der Waals surface area contributed by atoms with Crippen LogP contribution >= 0.6 is 0 Å². The highest BCUT2D eigenvalue weighted by molar-refractivity contribution is 5.57. The summed E-state index contributed by atoms with van der Waals surface area (Å²) in [5.41, 5.74) is 2.19. The lowest BCUT2D eigenvalue weighted by Crippen LogP contribution is -2.26. The van der Waals surface area contributed by atoms with Crippen LogP contribution in [0, 0.1) is 0 Å². The van der Waals surface area contributed by atoms with Gasteiger partial charge in [-0.3, -0.25) is 4.90 Å². The maximum absolute atomic E-state index is 5.99. The molecule has 1 heterocycles. The van der Waals surface area contributed by atoms with E-state index >= 15 is 0 Å². The Morgan fingerprint density at radius 3 is 2.44 bits per heavy atom. The standard InChI is InChI=1S/C22H26N2O3/c1-5-24(16(2)18-7-6-8-20(13-18)26-4)15-22-23-14-21(27-22)17-9-11-19(25-3)12-10-17/h6-14,16H,5,15H2,1-4H3/t16-/m1/s1. The average Bonchev–Trinajstić information content (AvgIpc) is 3.20. The van der Waals surface area contributed by atoms with Gasteiger partial charge in [-0.05, 0) is 55.4 Å². The van der Waals surface area contributed by atoms with Crippen molar-refractivity contribution in [3.63, 3.8) is 0 Å². The van der Waals surface area contributed by atoms with Crippen LogP contribution in [0.15, 0.2) is 59.1 Å². The molecule has 0 fully saturated rings. The Labute approximate surface area is 160 Å². The zero-order valence-electron chi connectivity index (χ0n) is 16.3. The summed E-state index contributed by atoms with van der Waals surface area (Å²) < 4.78 is 16.5. The van der Waals surface area contributed by atoms with Gasteiger partial charge in [-0.25, -0.2) is 4.98 Å². The van der Waals surface area contributed by atoms with E-state index in [-0.39, 0.29) is 6.04 Å². The zero-order valence-corrected chi connectivity index (χ0v) is 16.3. The number of hydrogen-bond donors (Lipinski definition) is 0. The van der Waals surface area contributed by atoms with E-state index in [1.807, 2.05) is 36.4 Å². The van der Waals surface area contributed by atoms with E-state index in [0.29, 0.717) is 12.4 Å². The molecule has 0 saturated heterocycles. The van der Waals surface area contributed by atoms with Gasteiger partial charge in [0, 0.05) is 11.6 Å². The van der Waals surface area contributed by atoms with E-state index in [1.165, 1.54) is 5.56 Å². The minimum absolute atomic E-state index is 0.224. The molecule has 0 saturated carbocycles. The molecule has 142 valence electrons. The molecule has 1 atom stereocenters. The van der Waals surface area contributed by atoms with E-state index in [0.717, 1.165) is 29.4 Å². The summed E-state index contributed by atoms with van der Waals surface area (Å²) in [4.78, 5) is 6.79. The van der Waals surface area contributed by atoms with Gasteiger partial charge in [0.1, 0.15) is 11.5 Å². The molecule has 0 bridgehead atoms. The fourth-order valence-electron chi connectivity index (χ4n) is 3.08. The predicted molar refractivity (Wildman–Crippen MR) is 106 cm³/mol. The molecule has 0 aliphatic carbocycles. The molecule has 0 N–H and O–H groups in total. The Morgan fingerprint density at radius 2 is 1.78 bits per heavy atom. The second kappa shape index (κ2) is 8.73. The lowest BCUT2D eigenvalue weighted by atomic mass is 10.1. The van der Waals surface area contributed by atoms with Crippen molar-refractivity contribution in [2.24, 2.45) is 0 Å². The minimum atomic E-state index is 0.224. The van der Waals surface area contributed by atoms with Gasteiger partial charge in [-0.2, -0.15) is 0 Å². The molecule has 0 amide bonds. The molecular weight excluding hydrogens is 340 g/mol. The summed E-state index contributed by atoms with van der Waals surface area (Å²) in [5, 5.41) is 0. The van der Waals surface area contributed by atoms with E-state index in [4.69, 9.17) is 13.9 Å². The molecule has 5 nitrogen and oxygen atoms in total. The molecule has 0 radical (unpaired) electrons. The van der Waals surface area contributed by atoms with Crippen LogP contribution in [0.1, 0.15) is 31.3 Å². The third kappa shape index (κ3) is 4.49. The van der Waals surface area contributed by atoms with Crippen LogP contribution in [0.5, 0.6) is 11.5 Å². The van der Waals surface area contributed by atoms with Crippen LogP contribution in [-0.2, 0) is 6.54 Å². The van der Waals surface area contributed by atoms with Crippen molar-refractivity contribution in [2.75, 3.05) is 20.8 Å². The Bertz CT molecular complexity index is 858. The molecular formula is C22H26N2O3. The van der Waals surface area contributed by atoms with E-state index in [1.54, 1.807) is 20.4 Å². The second-order valence-electron chi connectivity index (χ2n) is 6.36. The van der Waals surface area contributed by atoms with E-state index < -0.39 is 0 Å². The van der Waals surface area contributed by atoms with Gasteiger partial charge in [0.2, 0.25) is 5.89 Å². The van der Waals surface area contributed by atoms with Crippen molar-refractivity contribution < 1.29 is 13.9 Å². The summed E-state index contributed by atoms with van der Waals surface area (Å²) in [5.74, 6) is 3.16. The summed E-state index contributed by atoms with van der Waals surface area (Å²) in [7, 11) is 3.35. The lowest BCUT2D eigenvalue weighted by molar-refractivity contribution is 0.193. The van der Waals surface area contributed by atoms with Gasteiger partial charge in [0.05, 0.1) is 27.0 Å². The maximum atomic E-state index is 5.99. The number of benzene rings is 2. The molecule has 0 unspecified atom stereocenters. The van der Waals surface area contributed by atoms with Crippen molar-refractivity contribution >= 4 is 0 Å². The van der Waals surface area contributed by atoms with Crippen LogP contribution in [0.25, 0.3) is 11.3 Å². The first-order valence-corrected chi connectivity index (χ1v) is 9.11. The number of oxazole rings is 1. The van der Waals surface area contributed by atoms with Gasteiger partial charge in [-0.1, -0.05) is 19.1 Å². The van der Waals surface area contributed by atoms with E-state index in [9.17, 15) is 0 Å². The number of hydrogen-bond acceptors (Lipinski definition) is 5. The zero-order chi connectivity index (χ0) is 19.2. The van der Waals surface area contributed by atoms with Crippen LogP contribution in [-0.4, -0.2) is 30.6 Å². The third-order valence-electron chi connectivity index (χ3n) is 4.80. The molecule has 1 aromatic heterocycles. The Kier molecular flexibility index (Phi) is 6.14. The Morgan fingerprint density at radius 1 is 1.04 bits per heavy atom. The number of methoxy groups -OCH3 is 2. The first-order chi connectivity index (χ1) is 13.1. The number of aromatic nitrogens is 1. The van der Waals surface area contributed by atoms with Gasteiger partial charge < -0.3 is 13.9 Å². The van der Waals surface area contributed by atoms with Crippen LogP contribution in [0.4, 0.5) is 0 Å². The Hall–Kier alpha value is -2.79. The highest BCUT2D eigenvalue weighted by atomic mass is 16.5. The SMILES string of the molecule is CCN(Cc1ncc(-c2ccc(OC)cc2)o1)[C@H](C)c1cccc(OC)c1. The highest BCUT2D eigenvalue weighted by Gasteiger charge is 2.18. The summed E-state index contributed by atoms with van der Waals surface area (Å²) in [6, 6.07) is 16.2. The van der Waals surface area contributed by atoms with Gasteiger partial charge in [-0.15, -0.1) is 0 Å². The van der Waals surface area contributed by atoms with Crippen molar-refractivity contribution in [2.45, 2.75) is 26.4 Å². The van der Waals surface area contributed by atoms with Crippen molar-refractivity contribution in [3.8, 4) is 22.8 Å². The van der Waals surface area contributed by atoms with Crippen LogP contribution in [0.3, 0.4) is 0 Å². The predicted octanol–water partition coefficient (Wildman–Crippen LogP) is 4.94. The molecule has 5 heteroatoms. The summed E-state index contributed by atoms with van der Waals surface area (Å²) in [6.45, 7) is 5.86. The molecule has 2 aromatic carbocycles. The number of nitrogens with zero attached hydrogens (tertiary/aromatic N) is 2. The van der Waals surface area contributed by atoms with Crippen molar-refractivity contribution in [1.29, 1.82) is 0 Å². The average molecular weight is 366 g/mol. The number of rotatable bonds is 8. The first kappa shape index (κ1) is 19.0. The van der Waals surface area contributed by atoms with Gasteiger partial charge in [0.25, 0.3) is 0 Å². The minimum Gasteiger partial charge on any atom is -0.497 e. The molecule has 0 aliphatic rings. The third-order valence-corrected chi connectivity index (χ3v) is 4.80. The quantitative estimate of drug-likeness (QED) is 0.565. The first-order valence-electron chi connectivity index (χ1n) is 9.11. The largest absolute Gasteiger partial charge is 0.497 e.